The van der Waals surface area contributed by atoms with E-state index in [2.05, 4.69) is 21.4 Å². The molecule has 7 heteroatoms. The van der Waals surface area contributed by atoms with Crippen LogP contribution in [0, 0.1) is 0 Å². The summed E-state index contributed by atoms with van der Waals surface area (Å²) >= 11 is 0. The number of amides is 1. The zero-order chi connectivity index (χ0) is 20.5. The summed E-state index contributed by atoms with van der Waals surface area (Å²) < 4.78 is 3.42. The number of aryl methyl sites for hydroxylation is 1. The summed E-state index contributed by atoms with van der Waals surface area (Å²) in [5.41, 5.74) is 4.14. The van der Waals surface area contributed by atoms with E-state index in [4.69, 9.17) is 0 Å². The van der Waals surface area contributed by atoms with Crippen molar-refractivity contribution in [2.24, 2.45) is 0 Å². The molecule has 150 valence electrons. The molecule has 4 aromatic heterocycles. The Balaban J connectivity index is 1.28. The monoisotopic (exact) mass is 399 g/mol. The largest absolute Gasteiger partial charge is 0.361 e. The molecular weight excluding hydrogens is 378 g/mol. The van der Waals surface area contributed by atoms with Crippen molar-refractivity contribution in [3.8, 4) is 0 Å². The van der Waals surface area contributed by atoms with Crippen LogP contribution in [-0.2, 0) is 17.8 Å². The maximum Gasteiger partial charge on any atom is 0.276 e. The molecule has 0 unspecified atom stereocenters. The van der Waals surface area contributed by atoms with Gasteiger partial charge in [-0.3, -0.25) is 14.2 Å². The van der Waals surface area contributed by atoms with Crippen LogP contribution in [0.1, 0.15) is 12.0 Å². The van der Waals surface area contributed by atoms with Crippen molar-refractivity contribution in [3.05, 3.63) is 83.0 Å². The first-order chi connectivity index (χ1) is 14.7. The highest BCUT2D eigenvalue weighted by Gasteiger charge is 2.12. The molecule has 0 spiro atoms. The molecule has 0 aliphatic carbocycles. The number of pyridine rings is 1. The zero-order valence-corrected chi connectivity index (χ0v) is 16.3. The van der Waals surface area contributed by atoms with Crippen molar-refractivity contribution in [2.75, 3.05) is 6.54 Å². The average Bonchev–Trinajstić information content (AvgIpc) is 3.42. The molecule has 5 rings (SSSR count). The topological polar surface area (TPSA) is 84.2 Å². The Morgan fingerprint density at radius 2 is 1.93 bits per heavy atom. The first-order valence-corrected chi connectivity index (χ1v) is 9.98. The number of para-hydroxylation sites is 1. The van der Waals surface area contributed by atoms with Crippen LogP contribution in [0.3, 0.4) is 0 Å². The number of hydrogen-bond acceptors (Lipinski definition) is 3. The average molecular weight is 399 g/mol. The number of rotatable bonds is 6. The van der Waals surface area contributed by atoms with Gasteiger partial charge in [0.1, 0.15) is 5.52 Å². The van der Waals surface area contributed by atoms with Gasteiger partial charge in [-0.2, -0.15) is 0 Å². The molecule has 1 amide bonds. The summed E-state index contributed by atoms with van der Waals surface area (Å²) in [5, 5.41) is 4.14. The highest BCUT2D eigenvalue weighted by molar-refractivity contribution is 5.83. The smallest absolute Gasteiger partial charge is 0.276 e. The van der Waals surface area contributed by atoms with Gasteiger partial charge in [0.15, 0.2) is 5.65 Å². The number of fused-ring (bicyclic) bond motifs is 4. The predicted molar refractivity (Wildman–Crippen MR) is 117 cm³/mol. The van der Waals surface area contributed by atoms with Gasteiger partial charge in [0, 0.05) is 49.0 Å². The normalized spacial score (nSPS) is 11.5. The second-order valence-electron chi connectivity index (χ2n) is 7.28. The molecule has 0 fully saturated rings. The molecule has 7 nitrogen and oxygen atoms in total. The lowest BCUT2D eigenvalue weighted by atomic mass is 10.1. The quantitative estimate of drug-likeness (QED) is 0.460. The summed E-state index contributed by atoms with van der Waals surface area (Å²) in [6.07, 6.45) is 6.46. The number of aromatic nitrogens is 4. The molecule has 0 atom stereocenters. The molecule has 0 saturated carbocycles. The molecule has 4 heterocycles. The van der Waals surface area contributed by atoms with Crippen LogP contribution in [0.15, 0.2) is 71.9 Å². The number of nitrogens with one attached hydrogen (secondary N) is 2. The Bertz CT molecular complexity index is 1430. The van der Waals surface area contributed by atoms with Gasteiger partial charge in [0.05, 0.1) is 5.52 Å². The molecule has 5 aromatic rings. The predicted octanol–water partition coefficient (Wildman–Crippen LogP) is 2.88. The van der Waals surface area contributed by atoms with Gasteiger partial charge in [-0.15, -0.1) is 0 Å². The third kappa shape index (κ3) is 3.14. The number of H-pyrrole nitrogens is 1. The Morgan fingerprint density at radius 1 is 1.07 bits per heavy atom. The van der Waals surface area contributed by atoms with Crippen LogP contribution < -0.4 is 10.9 Å². The van der Waals surface area contributed by atoms with E-state index in [1.807, 2.05) is 53.2 Å². The highest BCUT2D eigenvalue weighted by Crippen LogP contribution is 2.17. The Labute approximate surface area is 172 Å². The first-order valence-electron chi connectivity index (χ1n) is 9.98. The van der Waals surface area contributed by atoms with E-state index in [0.29, 0.717) is 17.7 Å². The number of hydrogen-bond donors (Lipinski definition) is 2. The van der Waals surface area contributed by atoms with E-state index in [9.17, 15) is 9.59 Å². The minimum Gasteiger partial charge on any atom is -0.361 e. The highest BCUT2D eigenvalue weighted by atomic mass is 16.2. The molecule has 0 aliphatic heterocycles. The SMILES string of the molecule is O=C(CCn1c(=O)c2cccn2c2cccnc21)NCCc1c[nH]c2ccccc12. The molecule has 0 bridgehead atoms. The maximum atomic E-state index is 12.9. The molecule has 0 aliphatic rings. The summed E-state index contributed by atoms with van der Waals surface area (Å²) in [6, 6.07) is 15.5. The number of carbonyl (C=O) groups excluding carboxylic acids is 1. The van der Waals surface area contributed by atoms with Gasteiger partial charge >= 0.3 is 0 Å². The van der Waals surface area contributed by atoms with Crippen molar-refractivity contribution in [3.63, 3.8) is 0 Å². The van der Waals surface area contributed by atoms with E-state index in [-0.39, 0.29) is 24.4 Å². The fourth-order valence-electron chi connectivity index (χ4n) is 3.97. The number of carbonyl (C=O) groups is 1. The van der Waals surface area contributed by atoms with Gasteiger partial charge in [0.2, 0.25) is 5.91 Å². The number of nitrogens with zero attached hydrogens (tertiary/aromatic N) is 3. The number of benzene rings is 1. The standard InChI is InChI=1S/C23H21N5O2/c29-21(24-12-9-16-15-26-18-6-2-1-5-17(16)18)10-14-28-22-19(7-3-11-25-22)27-13-4-8-20(27)23(28)30/h1-8,11,13,15,26H,9-10,12,14H2,(H,24,29). The maximum absolute atomic E-state index is 12.9. The Morgan fingerprint density at radius 3 is 2.87 bits per heavy atom. The molecular formula is C23H21N5O2. The lowest BCUT2D eigenvalue weighted by molar-refractivity contribution is -0.121. The van der Waals surface area contributed by atoms with Gasteiger partial charge < -0.3 is 14.7 Å². The van der Waals surface area contributed by atoms with Crippen molar-refractivity contribution in [1.29, 1.82) is 0 Å². The lowest BCUT2D eigenvalue weighted by Gasteiger charge is -2.11. The van der Waals surface area contributed by atoms with Crippen LogP contribution >= 0.6 is 0 Å². The molecule has 30 heavy (non-hydrogen) atoms. The van der Waals surface area contributed by atoms with Crippen molar-refractivity contribution in [1.82, 2.24) is 24.3 Å². The lowest BCUT2D eigenvalue weighted by Crippen LogP contribution is -2.29. The Kier molecular flexibility index (Phi) is 4.55. The van der Waals surface area contributed by atoms with Gasteiger partial charge in [-0.05, 0) is 42.3 Å². The Hall–Kier alpha value is -3.87. The van der Waals surface area contributed by atoms with Crippen LogP contribution in [0.25, 0.3) is 27.6 Å². The van der Waals surface area contributed by atoms with Gasteiger partial charge in [0.25, 0.3) is 5.56 Å². The second kappa shape index (κ2) is 7.51. The van der Waals surface area contributed by atoms with Gasteiger partial charge in [-0.25, -0.2) is 4.98 Å². The molecule has 0 radical (unpaired) electrons. The third-order valence-corrected chi connectivity index (χ3v) is 5.45. The number of aromatic amines is 1. The minimum atomic E-state index is -0.141. The van der Waals surface area contributed by atoms with Crippen molar-refractivity contribution in [2.45, 2.75) is 19.4 Å². The fourth-order valence-corrected chi connectivity index (χ4v) is 3.97. The minimum absolute atomic E-state index is 0.0823. The van der Waals surface area contributed by atoms with Crippen molar-refractivity contribution < 1.29 is 4.79 Å². The molecule has 0 saturated heterocycles. The van der Waals surface area contributed by atoms with E-state index >= 15 is 0 Å². The van der Waals surface area contributed by atoms with Crippen LogP contribution in [0.4, 0.5) is 0 Å². The first kappa shape index (κ1) is 18.2. The van der Waals surface area contributed by atoms with E-state index < -0.39 is 0 Å². The third-order valence-electron chi connectivity index (χ3n) is 5.45. The van der Waals surface area contributed by atoms with Crippen LogP contribution in [0.5, 0.6) is 0 Å². The summed E-state index contributed by atoms with van der Waals surface area (Å²) in [7, 11) is 0. The van der Waals surface area contributed by atoms with Crippen LogP contribution in [0.2, 0.25) is 0 Å². The second-order valence-corrected chi connectivity index (χ2v) is 7.28. The van der Waals surface area contributed by atoms with E-state index in [1.54, 1.807) is 16.8 Å². The van der Waals surface area contributed by atoms with E-state index in [1.165, 1.54) is 10.9 Å². The van der Waals surface area contributed by atoms with Crippen molar-refractivity contribution >= 4 is 33.5 Å². The summed E-state index contributed by atoms with van der Waals surface area (Å²) in [4.78, 5) is 32.9. The molecule has 1 aromatic carbocycles. The van der Waals surface area contributed by atoms with Crippen LogP contribution in [-0.4, -0.2) is 31.4 Å². The summed E-state index contributed by atoms with van der Waals surface area (Å²) in [6.45, 7) is 0.833. The zero-order valence-electron chi connectivity index (χ0n) is 16.3. The summed E-state index contributed by atoms with van der Waals surface area (Å²) in [5.74, 6) is -0.0823. The van der Waals surface area contributed by atoms with Gasteiger partial charge in [-0.1, -0.05) is 18.2 Å². The van der Waals surface area contributed by atoms with E-state index in [0.717, 1.165) is 17.5 Å². The molecule has 2 N–H and O–H groups in total. The fraction of sp³-hybridized carbons (Fsp3) is 0.174.